The summed E-state index contributed by atoms with van der Waals surface area (Å²) in [5.41, 5.74) is 0.527. The van der Waals surface area contributed by atoms with Crippen molar-refractivity contribution in [3.05, 3.63) is 35.9 Å². The Labute approximate surface area is 168 Å². The molecule has 7 nitrogen and oxygen atoms in total. The van der Waals surface area contributed by atoms with Crippen molar-refractivity contribution in [2.24, 2.45) is 5.92 Å². The van der Waals surface area contributed by atoms with Gasteiger partial charge in [0.1, 0.15) is 0 Å². The van der Waals surface area contributed by atoms with Crippen LogP contribution in [0.4, 0.5) is 0 Å². The number of carbonyl (C=O) groups is 1. The molecule has 1 atom stereocenters. The van der Waals surface area contributed by atoms with Crippen LogP contribution >= 0.6 is 15.2 Å². The lowest BCUT2D eigenvalue weighted by atomic mass is 9.97. The van der Waals surface area contributed by atoms with E-state index in [-0.39, 0.29) is 38.6 Å². The predicted molar refractivity (Wildman–Crippen MR) is 110 cm³/mol. The first-order valence-corrected chi connectivity index (χ1v) is 12.9. The third-order valence-electron chi connectivity index (χ3n) is 4.04. The number of Topliss-reactive ketones (excluding diaryl/α,β-unsaturated/α-hetero) is 1. The second-order valence-electron chi connectivity index (χ2n) is 6.10. The molecule has 0 aliphatic heterocycles. The van der Waals surface area contributed by atoms with E-state index < -0.39 is 26.5 Å². The average Bonchev–Trinajstić information content (AvgIpc) is 2.66. The molecule has 0 saturated carbocycles. The highest BCUT2D eigenvalue weighted by Crippen LogP contribution is 2.72. The van der Waals surface area contributed by atoms with Crippen LogP contribution in [0, 0.1) is 5.92 Å². The number of benzene rings is 1. The Kier molecular flexibility index (Phi) is 10.8. The minimum absolute atomic E-state index is 0.0116. The summed E-state index contributed by atoms with van der Waals surface area (Å²) < 4.78 is 48.8. The molecule has 160 valence electrons. The van der Waals surface area contributed by atoms with Crippen LogP contribution in [0.15, 0.2) is 30.3 Å². The highest BCUT2D eigenvalue weighted by Gasteiger charge is 2.51. The van der Waals surface area contributed by atoms with Gasteiger partial charge in [0.2, 0.25) is 0 Å². The lowest BCUT2D eigenvalue weighted by Gasteiger charge is -2.32. The molecule has 0 fully saturated rings. The van der Waals surface area contributed by atoms with Crippen LogP contribution in [0.1, 0.15) is 51.4 Å². The molecule has 1 aromatic rings. The summed E-state index contributed by atoms with van der Waals surface area (Å²) in [6.45, 7) is 8.81. The van der Waals surface area contributed by atoms with E-state index in [1.54, 1.807) is 58.9 Å². The molecule has 1 aromatic carbocycles. The van der Waals surface area contributed by atoms with E-state index in [0.29, 0.717) is 5.56 Å². The topological polar surface area (TPSA) is 88.1 Å². The summed E-state index contributed by atoms with van der Waals surface area (Å²) in [7, 11) is -7.72. The van der Waals surface area contributed by atoms with Crippen molar-refractivity contribution >= 4 is 21.0 Å². The van der Waals surface area contributed by atoms with Gasteiger partial charge in [0.15, 0.2) is 11.2 Å². The normalized spacial score (nSPS) is 13.6. The van der Waals surface area contributed by atoms with Crippen molar-refractivity contribution in [2.45, 2.75) is 46.4 Å². The molecule has 0 heterocycles. The van der Waals surface area contributed by atoms with Crippen LogP contribution in [0.3, 0.4) is 0 Å². The van der Waals surface area contributed by atoms with Crippen LogP contribution in [0.25, 0.3) is 0 Å². The van der Waals surface area contributed by atoms with E-state index >= 15 is 0 Å². The molecule has 0 amide bonds. The maximum absolute atomic E-state index is 13.5. The molecule has 0 aliphatic rings. The predicted octanol–water partition coefficient (Wildman–Crippen LogP) is 5.75. The Hall–Kier alpha value is -0.810. The number of hydrogen-bond donors (Lipinski definition) is 0. The summed E-state index contributed by atoms with van der Waals surface area (Å²) in [5, 5.41) is -1.19. The zero-order valence-corrected chi connectivity index (χ0v) is 19.1. The van der Waals surface area contributed by atoms with Crippen LogP contribution in [0.5, 0.6) is 0 Å². The van der Waals surface area contributed by atoms with Gasteiger partial charge < -0.3 is 18.1 Å². The summed E-state index contributed by atoms with van der Waals surface area (Å²) in [6, 6.07) is 8.79. The van der Waals surface area contributed by atoms with Gasteiger partial charge in [-0.2, -0.15) is 0 Å². The van der Waals surface area contributed by atoms with Crippen molar-refractivity contribution in [3.63, 3.8) is 0 Å². The lowest BCUT2D eigenvalue weighted by molar-refractivity contribution is 0.0922. The number of rotatable bonds is 14. The molecule has 0 radical (unpaired) electrons. The SMILES string of the molecule is CCOP(=O)(OCC)C(CC(C)C(=O)c1ccccc1)P(=O)(OCC)OCC. The van der Waals surface area contributed by atoms with Gasteiger partial charge in [-0.15, -0.1) is 0 Å². The van der Waals surface area contributed by atoms with Crippen molar-refractivity contribution in [1.82, 2.24) is 0 Å². The third kappa shape index (κ3) is 6.62. The molecule has 1 unspecified atom stereocenters. The van der Waals surface area contributed by atoms with Crippen LogP contribution in [-0.4, -0.2) is 37.6 Å². The van der Waals surface area contributed by atoms with Crippen molar-refractivity contribution in [3.8, 4) is 0 Å². The molecule has 28 heavy (non-hydrogen) atoms. The van der Waals surface area contributed by atoms with Gasteiger partial charge in [0.25, 0.3) is 0 Å². The first-order chi connectivity index (χ1) is 13.3. The number of ketones is 1. The molecule has 9 heteroatoms. The maximum Gasteiger partial charge on any atom is 0.345 e. The monoisotopic (exact) mass is 434 g/mol. The maximum atomic E-state index is 13.5. The summed E-state index contributed by atoms with van der Waals surface area (Å²) in [4.78, 5) is 12.8. The summed E-state index contributed by atoms with van der Waals surface area (Å²) in [5.74, 6) is -0.736. The van der Waals surface area contributed by atoms with Crippen molar-refractivity contribution in [1.29, 1.82) is 0 Å². The van der Waals surface area contributed by atoms with Gasteiger partial charge in [0, 0.05) is 11.5 Å². The molecule has 0 aliphatic carbocycles. The highest BCUT2D eigenvalue weighted by molar-refractivity contribution is 7.72. The van der Waals surface area contributed by atoms with Crippen LogP contribution < -0.4 is 0 Å². The first-order valence-electron chi connectivity index (χ1n) is 9.64. The van der Waals surface area contributed by atoms with Gasteiger partial charge in [-0.25, -0.2) is 0 Å². The largest absolute Gasteiger partial charge is 0.345 e. The van der Waals surface area contributed by atoms with E-state index in [1.807, 2.05) is 6.07 Å². The second kappa shape index (κ2) is 12.0. The third-order valence-corrected chi connectivity index (χ3v) is 10.1. The number of carbonyl (C=O) groups excluding carboxylic acids is 1. The van der Waals surface area contributed by atoms with E-state index in [4.69, 9.17) is 18.1 Å². The Morgan fingerprint density at radius 3 is 1.57 bits per heavy atom. The zero-order chi connectivity index (χ0) is 21.2. The van der Waals surface area contributed by atoms with Crippen LogP contribution in [0.2, 0.25) is 0 Å². The lowest BCUT2D eigenvalue weighted by Crippen LogP contribution is -2.23. The van der Waals surface area contributed by atoms with Crippen LogP contribution in [-0.2, 0) is 27.2 Å². The molecule has 0 aromatic heterocycles. The minimum atomic E-state index is -3.86. The van der Waals surface area contributed by atoms with Crippen molar-refractivity contribution in [2.75, 3.05) is 26.4 Å². The molecule has 0 N–H and O–H groups in total. The zero-order valence-electron chi connectivity index (χ0n) is 17.3. The smallest absolute Gasteiger partial charge is 0.308 e. The molecule has 0 bridgehead atoms. The fourth-order valence-electron chi connectivity index (χ4n) is 2.88. The quantitative estimate of drug-likeness (QED) is 0.272. The fraction of sp³-hybridized carbons (Fsp3) is 0.632. The average molecular weight is 434 g/mol. The summed E-state index contributed by atoms with van der Waals surface area (Å²) >= 11 is 0. The Bertz CT molecular complexity index is 643. The van der Waals surface area contributed by atoms with Gasteiger partial charge in [-0.05, 0) is 34.1 Å². The number of hydrogen-bond acceptors (Lipinski definition) is 7. The minimum Gasteiger partial charge on any atom is -0.308 e. The van der Waals surface area contributed by atoms with E-state index in [1.165, 1.54) is 0 Å². The summed E-state index contributed by atoms with van der Waals surface area (Å²) in [6.07, 6.45) is -0.0116. The molecule has 0 spiro atoms. The molecule has 0 saturated heterocycles. The van der Waals surface area contributed by atoms with Gasteiger partial charge in [-0.3, -0.25) is 13.9 Å². The van der Waals surface area contributed by atoms with Crippen molar-refractivity contribution < 1.29 is 32.0 Å². The van der Waals surface area contributed by atoms with Gasteiger partial charge >= 0.3 is 15.2 Å². The standard InChI is InChI=1S/C19H32O7P2/c1-6-23-27(21,24-7-2)18(28(22,25-8-3)26-9-4)15-16(5)19(20)17-13-11-10-12-14-17/h10-14,16,18H,6-9,15H2,1-5H3. The van der Waals surface area contributed by atoms with E-state index in [9.17, 15) is 13.9 Å². The van der Waals surface area contributed by atoms with E-state index in [2.05, 4.69) is 0 Å². The second-order valence-corrected chi connectivity index (χ2v) is 10.9. The Balaban J connectivity index is 3.30. The molecular formula is C19H32O7P2. The van der Waals surface area contributed by atoms with Gasteiger partial charge in [-0.1, -0.05) is 37.3 Å². The highest BCUT2D eigenvalue weighted by atomic mass is 31.2. The van der Waals surface area contributed by atoms with E-state index in [0.717, 1.165) is 0 Å². The first kappa shape index (κ1) is 25.2. The Morgan fingerprint density at radius 2 is 1.21 bits per heavy atom. The Morgan fingerprint density at radius 1 is 0.821 bits per heavy atom. The fourth-order valence-corrected chi connectivity index (χ4v) is 8.49. The molecular weight excluding hydrogens is 402 g/mol. The molecule has 1 rings (SSSR count). The van der Waals surface area contributed by atoms with Gasteiger partial charge in [0.05, 0.1) is 26.4 Å².